The van der Waals surface area contributed by atoms with E-state index in [9.17, 15) is 9.59 Å². The zero-order valence-electron chi connectivity index (χ0n) is 15.3. The van der Waals surface area contributed by atoms with Crippen LogP contribution in [0.5, 0.6) is 5.75 Å². The fraction of sp³-hybridized carbons (Fsp3) is 0.250. The van der Waals surface area contributed by atoms with Crippen LogP contribution in [0.3, 0.4) is 0 Å². The van der Waals surface area contributed by atoms with Crippen molar-refractivity contribution in [2.75, 3.05) is 17.7 Å². The lowest BCUT2D eigenvalue weighted by molar-refractivity contribution is -0.117. The number of anilines is 2. The fourth-order valence-corrected chi connectivity index (χ4v) is 3.39. The number of methoxy groups -OCH3 is 1. The largest absolute Gasteiger partial charge is 0.497 e. The van der Waals surface area contributed by atoms with Crippen LogP contribution >= 0.6 is 0 Å². The van der Waals surface area contributed by atoms with Crippen molar-refractivity contribution in [3.8, 4) is 5.75 Å². The maximum absolute atomic E-state index is 12.4. The molecule has 1 aliphatic heterocycles. The summed E-state index contributed by atoms with van der Waals surface area (Å²) in [5.41, 5.74) is 3.54. The number of carbonyl (C=O) groups excluding carboxylic acids is 2. The molecule has 7 heteroatoms. The number of rotatable bonds is 3. The third kappa shape index (κ3) is 3.12. The normalized spacial score (nSPS) is 15.1. The second-order valence-electron chi connectivity index (χ2n) is 7.29. The number of amides is 2. The van der Waals surface area contributed by atoms with E-state index in [0.29, 0.717) is 29.2 Å². The summed E-state index contributed by atoms with van der Waals surface area (Å²) in [5, 5.41) is 5.67. The van der Waals surface area contributed by atoms with Crippen LogP contribution in [0.25, 0.3) is 11.0 Å². The van der Waals surface area contributed by atoms with Crippen LogP contribution in [0.1, 0.15) is 36.2 Å². The predicted octanol–water partition coefficient (Wildman–Crippen LogP) is 3.44. The number of aromatic nitrogens is 2. The zero-order chi connectivity index (χ0) is 19.2. The number of fused-ring (bicyclic) bond motifs is 2. The molecule has 2 heterocycles. The van der Waals surface area contributed by atoms with E-state index in [-0.39, 0.29) is 17.2 Å². The molecule has 0 bridgehead atoms. The Morgan fingerprint density at radius 1 is 1.22 bits per heavy atom. The summed E-state index contributed by atoms with van der Waals surface area (Å²) in [6, 6.07) is 10.7. The van der Waals surface area contributed by atoms with Gasteiger partial charge in [-0.25, -0.2) is 4.98 Å². The van der Waals surface area contributed by atoms with Crippen LogP contribution in [0, 0.1) is 0 Å². The summed E-state index contributed by atoms with van der Waals surface area (Å²) in [4.78, 5) is 31.9. The number of carbonyl (C=O) groups is 2. The average Bonchev–Trinajstić information content (AvgIpc) is 3.00. The Hall–Kier alpha value is -3.35. The fourth-order valence-electron chi connectivity index (χ4n) is 3.39. The zero-order valence-corrected chi connectivity index (χ0v) is 15.3. The van der Waals surface area contributed by atoms with Gasteiger partial charge in [-0.15, -0.1) is 0 Å². The van der Waals surface area contributed by atoms with Crippen LogP contribution in [0.2, 0.25) is 0 Å². The summed E-state index contributed by atoms with van der Waals surface area (Å²) in [5.74, 6) is 0.772. The highest BCUT2D eigenvalue weighted by Crippen LogP contribution is 2.39. The van der Waals surface area contributed by atoms with Crippen molar-refractivity contribution >= 4 is 34.5 Å². The number of ether oxygens (including phenoxy) is 1. The summed E-state index contributed by atoms with van der Waals surface area (Å²) in [6.07, 6.45) is 0.431. The molecule has 27 heavy (non-hydrogen) atoms. The van der Waals surface area contributed by atoms with Crippen LogP contribution in [-0.4, -0.2) is 28.9 Å². The summed E-state index contributed by atoms with van der Waals surface area (Å²) >= 11 is 0. The van der Waals surface area contributed by atoms with Gasteiger partial charge in [0.15, 0.2) is 0 Å². The maximum Gasteiger partial charge on any atom is 0.257 e. The lowest BCUT2D eigenvalue weighted by Gasteiger charge is -2.31. The van der Waals surface area contributed by atoms with E-state index in [4.69, 9.17) is 4.74 Å². The van der Waals surface area contributed by atoms with Crippen LogP contribution in [0.15, 0.2) is 36.4 Å². The third-order valence-electron chi connectivity index (χ3n) is 4.81. The molecule has 4 rings (SSSR count). The van der Waals surface area contributed by atoms with Gasteiger partial charge in [0.05, 0.1) is 18.1 Å². The first-order valence-corrected chi connectivity index (χ1v) is 8.65. The molecule has 3 N–H and O–H groups in total. The molecule has 0 radical (unpaired) electrons. The van der Waals surface area contributed by atoms with E-state index >= 15 is 0 Å². The van der Waals surface area contributed by atoms with Crippen molar-refractivity contribution < 1.29 is 14.3 Å². The minimum atomic E-state index is -0.268. The minimum Gasteiger partial charge on any atom is -0.497 e. The third-order valence-corrected chi connectivity index (χ3v) is 4.81. The molecule has 7 nitrogen and oxygen atoms in total. The Labute approximate surface area is 156 Å². The molecule has 1 aromatic heterocycles. The molecule has 0 spiro atoms. The molecule has 0 atom stereocenters. The molecule has 0 fully saturated rings. The number of aromatic amines is 1. The topological polar surface area (TPSA) is 96.1 Å². The number of nitrogens with one attached hydrogen (secondary N) is 3. The average molecular weight is 364 g/mol. The van der Waals surface area contributed by atoms with Gasteiger partial charge in [0.25, 0.3) is 5.91 Å². The maximum atomic E-state index is 12.4. The van der Waals surface area contributed by atoms with Crippen molar-refractivity contribution in [1.82, 2.24) is 9.97 Å². The molecule has 1 aliphatic rings. The molecule has 0 saturated heterocycles. The Morgan fingerprint density at radius 3 is 2.67 bits per heavy atom. The molecule has 2 amide bonds. The molecule has 138 valence electrons. The molecule has 0 aliphatic carbocycles. The van der Waals surface area contributed by atoms with Gasteiger partial charge in [-0.05, 0) is 42.0 Å². The van der Waals surface area contributed by atoms with Gasteiger partial charge in [-0.3, -0.25) is 14.9 Å². The van der Waals surface area contributed by atoms with Crippen LogP contribution in [0.4, 0.5) is 11.6 Å². The van der Waals surface area contributed by atoms with E-state index in [1.165, 1.54) is 0 Å². The lowest BCUT2D eigenvalue weighted by Crippen LogP contribution is -2.32. The smallest absolute Gasteiger partial charge is 0.257 e. The minimum absolute atomic E-state index is 0.00424. The first-order chi connectivity index (χ1) is 12.9. The number of imidazole rings is 1. The molecule has 2 aromatic carbocycles. The quantitative estimate of drug-likeness (QED) is 0.663. The van der Waals surface area contributed by atoms with Crippen molar-refractivity contribution in [2.45, 2.75) is 25.7 Å². The van der Waals surface area contributed by atoms with Crippen molar-refractivity contribution in [1.29, 1.82) is 0 Å². The highest BCUT2D eigenvalue weighted by atomic mass is 16.5. The summed E-state index contributed by atoms with van der Waals surface area (Å²) in [6.45, 7) is 4.08. The van der Waals surface area contributed by atoms with Gasteiger partial charge in [-0.1, -0.05) is 13.8 Å². The standard InChI is InChI=1S/C20H20N4O3/c1-20(2)10-17(25)21-14-9-16-15(8-13(14)20)22-19(23-16)24-18(26)11-4-6-12(27-3)7-5-11/h4-9H,10H2,1-3H3,(H,21,25)(H2,22,23,24,26). The lowest BCUT2D eigenvalue weighted by atomic mass is 9.78. The van der Waals surface area contributed by atoms with E-state index in [1.54, 1.807) is 31.4 Å². The molecular formula is C20H20N4O3. The van der Waals surface area contributed by atoms with Gasteiger partial charge in [0, 0.05) is 23.1 Å². The molecule has 0 saturated carbocycles. The number of benzene rings is 2. The molecular weight excluding hydrogens is 344 g/mol. The van der Waals surface area contributed by atoms with Gasteiger partial charge < -0.3 is 15.0 Å². The van der Waals surface area contributed by atoms with Gasteiger partial charge >= 0.3 is 0 Å². The predicted molar refractivity (Wildman–Crippen MR) is 103 cm³/mol. The SMILES string of the molecule is COc1ccc(C(=O)Nc2nc3cc4c(cc3[nH]2)C(C)(C)CC(=O)N4)cc1. The monoisotopic (exact) mass is 364 g/mol. The number of H-pyrrole nitrogens is 1. The Kier molecular flexibility index (Phi) is 3.87. The van der Waals surface area contributed by atoms with E-state index in [2.05, 4.69) is 20.6 Å². The highest BCUT2D eigenvalue weighted by molar-refractivity contribution is 6.04. The molecule has 0 unspecified atom stereocenters. The van der Waals surface area contributed by atoms with E-state index in [0.717, 1.165) is 16.8 Å². The van der Waals surface area contributed by atoms with Gasteiger partial charge in [0.2, 0.25) is 11.9 Å². The Morgan fingerprint density at radius 2 is 1.96 bits per heavy atom. The van der Waals surface area contributed by atoms with Gasteiger partial charge in [0.1, 0.15) is 5.75 Å². The second-order valence-corrected chi connectivity index (χ2v) is 7.29. The van der Waals surface area contributed by atoms with Crippen LogP contribution < -0.4 is 15.4 Å². The first-order valence-electron chi connectivity index (χ1n) is 8.65. The number of hydrogen-bond donors (Lipinski definition) is 3. The Bertz CT molecular complexity index is 1050. The van der Waals surface area contributed by atoms with Crippen molar-refractivity contribution in [3.63, 3.8) is 0 Å². The second kappa shape index (κ2) is 6.12. The number of nitrogens with zero attached hydrogens (tertiary/aromatic N) is 1. The van der Waals surface area contributed by atoms with Gasteiger partial charge in [-0.2, -0.15) is 0 Å². The van der Waals surface area contributed by atoms with Crippen molar-refractivity contribution in [3.05, 3.63) is 47.5 Å². The Balaban J connectivity index is 1.63. The van der Waals surface area contributed by atoms with Crippen LogP contribution in [-0.2, 0) is 10.2 Å². The highest BCUT2D eigenvalue weighted by Gasteiger charge is 2.32. The van der Waals surface area contributed by atoms with E-state index < -0.39 is 0 Å². The van der Waals surface area contributed by atoms with E-state index in [1.807, 2.05) is 26.0 Å². The number of hydrogen-bond acceptors (Lipinski definition) is 4. The summed E-state index contributed by atoms with van der Waals surface area (Å²) < 4.78 is 5.10. The molecule has 3 aromatic rings. The summed E-state index contributed by atoms with van der Waals surface area (Å²) in [7, 11) is 1.58. The first kappa shape index (κ1) is 17.1. The van der Waals surface area contributed by atoms with Crippen molar-refractivity contribution in [2.24, 2.45) is 0 Å².